The normalized spacial score (nSPS) is 17.3. The van der Waals surface area contributed by atoms with Gasteiger partial charge in [0.2, 0.25) is 0 Å². The van der Waals surface area contributed by atoms with Crippen LogP contribution in [0.15, 0.2) is 54.6 Å². The van der Waals surface area contributed by atoms with Crippen LogP contribution in [0.2, 0.25) is 0 Å². The molecule has 140 valence electrons. The van der Waals surface area contributed by atoms with Crippen molar-refractivity contribution in [1.29, 1.82) is 0 Å². The van der Waals surface area contributed by atoms with Gasteiger partial charge >= 0.3 is 0 Å². The number of benzene rings is 2. The first-order valence-corrected chi connectivity index (χ1v) is 9.81. The summed E-state index contributed by atoms with van der Waals surface area (Å²) in [5.74, 6) is 1.98. The van der Waals surface area contributed by atoms with E-state index in [2.05, 4.69) is 59.6 Å². The van der Waals surface area contributed by atoms with Gasteiger partial charge in [-0.15, -0.1) is 0 Å². The van der Waals surface area contributed by atoms with Gasteiger partial charge in [0.05, 0.1) is 12.8 Å². The van der Waals surface area contributed by atoms with Crippen molar-refractivity contribution < 1.29 is 4.74 Å². The van der Waals surface area contributed by atoms with Crippen molar-refractivity contribution in [2.45, 2.75) is 25.8 Å². The molecule has 2 heterocycles. The molecule has 0 radical (unpaired) electrons. The molecule has 4 heteroatoms. The lowest BCUT2D eigenvalue weighted by molar-refractivity contribution is 0.415. The topological polar surface area (TPSA) is 37.4 Å². The zero-order valence-corrected chi connectivity index (χ0v) is 16.1. The molecule has 1 aliphatic rings. The number of ether oxygens (including phenoxy) is 1. The predicted octanol–water partition coefficient (Wildman–Crippen LogP) is 4.49. The maximum absolute atomic E-state index is 5.30. The molecule has 1 unspecified atom stereocenters. The minimum atomic E-state index is 0.491. The second-order valence-corrected chi connectivity index (χ2v) is 7.12. The van der Waals surface area contributed by atoms with Gasteiger partial charge < -0.3 is 15.0 Å². The van der Waals surface area contributed by atoms with E-state index in [0.717, 1.165) is 42.5 Å². The summed E-state index contributed by atoms with van der Waals surface area (Å²) in [7, 11) is 1.69. The molecule has 0 spiro atoms. The van der Waals surface area contributed by atoms with Gasteiger partial charge in [0, 0.05) is 36.6 Å². The molecule has 0 amide bonds. The van der Waals surface area contributed by atoms with Crippen molar-refractivity contribution >= 4 is 16.6 Å². The number of fused-ring (bicyclic) bond motifs is 1. The zero-order chi connectivity index (χ0) is 18.6. The second kappa shape index (κ2) is 7.97. The first kappa shape index (κ1) is 17.8. The van der Waals surface area contributed by atoms with Gasteiger partial charge in [-0.05, 0) is 42.1 Å². The summed E-state index contributed by atoms with van der Waals surface area (Å²) < 4.78 is 5.30. The van der Waals surface area contributed by atoms with E-state index in [0.29, 0.717) is 6.04 Å². The van der Waals surface area contributed by atoms with Crippen molar-refractivity contribution in [2.24, 2.45) is 0 Å². The van der Waals surface area contributed by atoms with Crippen LogP contribution in [0.25, 0.3) is 22.0 Å². The third-order valence-electron chi connectivity index (χ3n) is 5.35. The molecule has 0 aliphatic carbocycles. The molecular formula is C23H27N3O. The number of methoxy groups -OCH3 is 1. The fourth-order valence-corrected chi connectivity index (χ4v) is 3.94. The van der Waals surface area contributed by atoms with Gasteiger partial charge in [-0.1, -0.05) is 37.6 Å². The molecule has 4 rings (SSSR count). The van der Waals surface area contributed by atoms with Crippen LogP contribution in [0, 0.1) is 0 Å². The highest BCUT2D eigenvalue weighted by Crippen LogP contribution is 2.32. The molecule has 2 aromatic carbocycles. The molecule has 1 aliphatic heterocycles. The molecule has 0 saturated carbocycles. The van der Waals surface area contributed by atoms with Crippen molar-refractivity contribution in [1.82, 2.24) is 10.3 Å². The van der Waals surface area contributed by atoms with Crippen LogP contribution in [0.5, 0.6) is 5.75 Å². The van der Waals surface area contributed by atoms with Gasteiger partial charge in [0.15, 0.2) is 0 Å². The predicted molar refractivity (Wildman–Crippen MR) is 113 cm³/mol. The number of nitrogens with zero attached hydrogens (tertiary/aromatic N) is 2. The molecule has 1 saturated heterocycles. The minimum absolute atomic E-state index is 0.491. The Labute approximate surface area is 161 Å². The fraction of sp³-hybridized carbons (Fsp3) is 0.348. The fourth-order valence-electron chi connectivity index (χ4n) is 3.94. The third-order valence-corrected chi connectivity index (χ3v) is 5.35. The van der Waals surface area contributed by atoms with E-state index in [-0.39, 0.29) is 0 Å². The van der Waals surface area contributed by atoms with E-state index in [9.17, 15) is 0 Å². The average molecular weight is 361 g/mol. The average Bonchev–Trinajstić information content (AvgIpc) is 2.74. The highest BCUT2D eigenvalue weighted by atomic mass is 16.5. The molecule has 1 aromatic heterocycles. The number of hydrogen-bond acceptors (Lipinski definition) is 4. The zero-order valence-electron chi connectivity index (χ0n) is 16.1. The van der Waals surface area contributed by atoms with E-state index in [4.69, 9.17) is 9.72 Å². The van der Waals surface area contributed by atoms with E-state index < -0.39 is 0 Å². The Morgan fingerprint density at radius 2 is 1.96 bits per heavy atom. The van der Waals surface area contributed by atoms with Crippen molar-refractivity contribution in [3.63, 3.8) is 0 Å². The highest BCUT2D eigenvalue weighted by molar-refractivity contribution is 5.95. The second-order valence-electron chi connectivity index (χ2n) is 7.12. The number of anilines is 1. The first-order chi connectivity index (χ1) is 13.3. The summed E-state index contributed by atoms with van der Waals surface area (Å²) >= 11 is 0. The lowest BCUT2D eigenvalue weighted by Crippen LogP contribution is -2.51. The van der Waals surface area contributed by atoms with Crippen LogP contribution in [-0.4, -0.2) is 37.8 Å². The van der Waals surface area contributed by atoms with Crippen LogP contribution in [0.1, 0.15) is 19.8 Å². The minimum Gasteiger partial charge on any atom is -0.497 e. The summed E-state index contributed by atoms with van der Waals surface area (Å²) in [5, 5.41) is 6.02. The van der Waals surface area contributed by atoms with Crippen molar-refractivity contribution in [2.75, 3.05) is 31.6 Å². The van der Waals surface area contributed by atoms with Gasteiger partial charge in [-0.2, -0.15) is 0 Å². The molecule has 4 nitrogen and oxygen atoms in total. The highest BCUT2D eigenvalue weighted by Gasteiger charge is 2.24. The summed E-state index contributed by atoms with van der Waals surface area (Å²) in [4.78, 5) is 7.65. The molecule has 1 N–H and O–H groups in total. The maximum Gasteiger partial charge on any atom is 0.137 e. The quantitative estimate of drug-likeness (QED) is 0.727. The molecule has 0 bridgehead atoms. The molecular weight excluding hydrogens is 334 g/mol. The number of pyridine rings is 1. The van der Waals surface area contributed by atoms with E-state index in [1.807, 2.05) is 12.1 Å². The Kier molecular flexibility index (Phi) is 5.26. The first-order valence-electron chi connectivity index (χ1n) is 9.81. The summed E-state index contributed by atoms with van der Waals surface area (Å²) in [6.07, 6.45) is 2.36. The lowest BCUT2D eigenvalue weighted by Gasteiger charge is -2.38. The maximum atomic E-state index is 5.30. The Morgan fingerprint density at radius 1 is 1.15 bits per heavy atom. The smallest absolute Gasteiger partial charge is 0.137 e. The Bertz CT molecular complexity index is 905. The molecule has 1 atom stereocenters. The largest absolute Gasteiger partial charge is 0.497 e. The Morgan fingerprint density at radius 3 is 2.74 bits per heavy atom. The van der Waals surface area contributed by atoms with Gasteiger partial charge in [0.25, 0.3) is 0 Å². The third kappa shape index (κ3) is 3.62. The number of nitrogens with one attached hydrogen (secondary N) is 1. The van der Waals surface area contributed by atoms with Gasteiger partial charge in [0.1, 0.15) is 11.6 Å². The van der Waals surface area contributed by atoms with Gasteiger partial charge in [-0.25, -0.2) is 4.98 Å². The SMILES string of the molecule is CCCC1CNCCN1c1nc(-c2ccc(OC)cc2)cc2ccccc12. The monoisotopic (exact) mass is 361 g/mol. The summed E-state index contributed by atoms with van der Waals surface area (Å²) in [6.45, 7) is 5.28. The van der Waals surface area contributed by atoms with Crippen LogP contribution >= 0.6 is 0 Å². The number of piperazine rings is 1. The van der Waals surface area contributed by atoms with Crippen LogP contribution in [0.4, 0.5) is 5.82 Å². The van der Waals surface area contributed by atoms with Crippen LogP contribution in [0.3, 0.4) is 0 Å². The van der Waals surface area contributed by atoms with Gasteiger partial charge in [-0.3, -0.25) is 0 Å². The van der Waals surface area contributed by atoms with E-state index in [1.54, 1.807) is 7.11 Å². The Balaban J connectivity index is 1.82. The Hall–Kier alpha value is -2.59. The van der Waals surface area contributed by atoms with Crippen LogP contribution < -0.4 is 15.0 Å². The number of hydrogen-bond donors (Lipinski definition) is 1. The summed E-state index contributed by atoms with van der Waals surface area (Å²) in [6, 6.07) is 19.4. The number of aromatic nitrogens is 1. The summed E-state index contributed by atoms with van der Waals surface area (Å²) in [5.41, 5.74) is 2.13. The number of rotatable bonds is 5. The van der Waals surface area contributed by atoms with Crippen LogP contribution in [-0.2, 0) is 0 Å². The lowest BCUT2D eigenvalue weighted by atomic mass is 10.0. The van der Waals surface area contributed by atoms with E-state index >= 15 is 0 Å². The molecule has 3 aromatic rings. The molecule has 1 fully saturated rings. The standard InChI is InChI=1S/C23H27N3O/c1-3-6-19-16-24-13-14-26(19)23-21-8-5-4-7-18(21)15-22(25-23)17-9-11-20(27-2)12-10-17/h4-5,7-12,15,19,24H,3,6,13-14,16H2,1-2H3. The van der Waals surface area contributed by atoms with Crippen molar-refractivity contribution in [3.05, 3.63) is 54.6 Å². The molecule has 27 heavy (non-hydrogen) atoms. The van der Waals surface area contributed by atoms with E-state index in [1.165, 1.54) is 23.6 Å². The van der Waals surface area contributed by atoms with Crippen molar-refractivity contribution in [3.8, 4) is 17.0 Å².